The molecule has 1 atom stereocenters. The lowest BCUT2D eigenvalue weighted by Crippen LogP contribution is -2.54. The van der Waals surface area contributed by atoms with Crippen molar-refractivity contribution in [3.63, 3.8) is 0 Å². The second kappa shape index (κ2) is 12.3. The Morgan fingerprint density at radius 1 is 1.10 bits per heavy atom. The lowest BCUT2D eigenvalue weighted by molar-refractivity contribution is -0.141. The highest BCUT2D eigenvalue weighted by molar-refractivity contribution is 7.91. The number of nitrogens with zero attached hydrogens (tertiary/aromatic N) is 4. The summed E-state index contributed by atoms with van der Waals surface area (Å²) in [4.78, 5) is 34.2. The van der Waals surface area contributed by atoms with Crippen LogP contribution in [-0.2, 0) is 34.0 Å². The van der Waals surface area contributed by atoms with Gasteiger partial charge in [-0.25, -0.2) is 32.6 Å². The van der Waals surface area contributed by atoms with Crippen molar-refractivity contribution in [2.75, 3.05) is 22.8 Å². The van der Waals surface area contributed by atoms with E-state index in [1.807, 2.05) is 0 Å². The van der Waals surface area contributed by atoms with Crippen LogP contribution in [0.25, 0.3) is 0 Å². The number of nitrogens with one attached hydrogen (secondary N) is 2. The van der Waals surface area contributed by atoms with E-state index < -0.39 is 58.1 Å². The number of urea groups is 1. The monoisotopic (exact) mass is 618 g/mol. The van der Waals surface area contributed by atoms with Crippen molar-refractivity contribution >= 4 is 47.1 Å². The minimum atomic E-state index is -4.72. The highest BCUT2D eigenvalue weighted by Gasteiger charge is 2.34. The van der Waals surface area contributed by atoms with E-state index in [0.29, 0.717) is 24.1 Å². The second-order valence-corrected chi connectivity index (χ2v) is 10.3. The summed E-state index contributed by atoms with van der Waals surface area (Å²) in [7, 11) is -3.30. The molecule has 1 aromatic carbocycles. The van der Waals surface area contributed by atoms with Crippen LogP contribution in [0.3, 0.4) is 0 Å². The fraction of sp³-hybridized carbons (Fsp3) is 0.250. The molecule has 2 N–H and O–H groups in total. The normalized spacial score (nSPS) is 13.6. The van der Waals surface area contributed by atoms with Crippen molar-refractivity contribution in [1.82, 2.24) is 20.0 Å². The Balaban J connectivity index is 0.00000462. The third-order valence-corrected chi connectivity index (χ3v) is 7.30. The van der Waals surface area contributed by atoms with Gasteiger partial charge in [0.15, 0.2) is 0 Å². The lowest BCUT2D eigenvalue weighted by atomic mass is 10.0. The quantitative estimate of drug-likeness (QED) is 0.393. The Hall–Kier alpha value is -3.99. The fourth-order valence-corrected chi connectivity index (χ4v) is 5.18. The summed E-state index contributed by atoms with van der Waals surface area (Å²) in [5, 5.41) is 2.18. The third kappa shape index (κ3) is 7.40. The topological polar surface area (TPSA) is 125 Å². The molecule has 0 unspecified atom stereocenters. The van der Waals surface area contributed by atoms with Crippen LogP contribution in [0.4, 0.5) is 38.3 Å². The summed E-state index contributed by atoms with van der Waals surface area (Å²) in [6.45, 7) is 0.00352. The Morgan fingerprint density at radius 3 is 2.39 bits per heavy atom. The number of pyridine rings is 2. The third-order valence-electron chi connectivity index (χ3n) is 5.92. The maximum atomic E-state index is 13.8. The van der Waals surface area contributed by atoms with Crippen LogP contribution in [0, 0.1) is 11.6 Å². The summed E-state index contributed by atoms with van der Waals surface area (Å²) >= 11 is 0. The molecule has 17 heteroatoms. The number of benzene rings is 1. The van der Waals surface area contributed by atoms with E-state index in [4.69, 9.17) is 0 Å². The highest BCUT2D eigenvalue weighted by Crippen LogP contribution is 2.29. The molecule has 0 fully saturated rings. The molecule has 1 aliphatic heterocycles. The maximum Gasteiger partial charge on any atom is 0.433 e. The predicted octanol–water partition coefficient (Wildman–Crippen LogP) is 3.07. The zero-order chi connectivity index (χ0) is 29.2. The average Bonchev–Trinajstić information content (AvgIpc) is 3.31. The van der Waals surface area contributed by atoms with Gasteiger partial charge in [-0.3, -0.25) is 4.79 Å². The molecule has 0 saturated carbocycles. The second-order valence-electron chi connectivity index (χ2n) is 8.72. The molecule has 3 aromatic rings. The van der Waals surface area contributed by atoms with E-state index in [1.165, 1.54) is 13.2 Å². The zero-order valence-corrected chi connectivity index (χ0v) is 22.9. The van der Waals surface area contributed by atoms with Gasteiger partial charge in [0, 0.05) is 32.3 Å². The first-order valence-electron chi connectivity index (χ1n) is 11.6. The maximum absolute atomic E-state index is 13.8. The Kier molecular flexibility index (Phi) is 9.43. The van der Waals surface area contributed by atoms with Crippen LogP contribution in [0.5, 0.6) is 0 Å². The van der Waals surface area contributed by atoms with Gasteiger partial charge in [-0.05, 0) is 47.9 Å². The summed E-state index contributed by atoms with van der Waals surface area (Å²) in [5.41, 5.74) is -0.718. The van der Waals surface area contributed by atoms with E-state index in [0.717, 1.165) is 33.6 Å². The SMILES string of the molecule is CN(C(=O)[C@H](Cc1cc(F)cc(F)c1)NC(=O)NS(=O)(=O)N1CCc2cccnc21)c1ccc(C(F)(F)F)nc1.S. The molecule has 2 aromatic heterocycles. The summed E-state index contributed by atoms with van der Waals surface area (Å²) in [5.74, 6) is -2.74. The van der Waals surface area contributed by atoms with Crippen LogP contribution in [0.2, 0.25) is 0 Å². The average molecular weight is 619 g/mol. The molecule has 4 rings (SSSR count). The molecule has 1 aliphatic rings. The van der Waals surface area contributed by atoms with Crippen molar-refractivity contribution in [3.05, 3.63) is 83.3 Å². The number of rotatable bonds is 7. The predicted molar refractivity (Wildman–Crippen MR) is 143 cm³/mol. The smallest absolute Gasteiger partial charge is 0.325 e. The van der Waals surface area contributed by atoms with Gasteiger partial charge >= 0.3 is 22.4 Å². The molecular weight excluding hydrogens is 595 g/mol. The largest absolute Gasteiger partial charge is 0.433 e. The van der Waals surface area contributed by atoms with Crippen LogP contribution in [-0.4, -0.2) is 50.0 Å². The van der Waals surface area contributed by atoms with Crippen molar-refractivity contribution in [1.29, 1.82) is 0 Å². The first kappa shape index (κ1) is 31.5. The van der Waals surface area contributed by atoms with Gasteiger partial charge in [0.1, 0.15) is 29.2 Å². The molecule has 0 aliphatic carbocycles. The molecule has 3 amide bonds. The number of aromatic nitrogens is 2. The van der Waals surface area contributed by atoms with Crippen molar-refractivity contribution < 1.29 is 40.0 Å². The molecule has 0 bridgehead atoms. The van der Waals surface area contributed by atoms with E-state index in [2.05, 4.69) is 15.3 Å². The first-order chi connectivity index (χ1) is 18.7. The van der Waals surface area contributed by atoms with E-state index >= 15 is 0 Å². The number of likely N-dealkylation sites (N-methyl/N-ethyl adjacent to an activating group) is 1. The Bertz CT molecular complexity index is 1520. The number of carbonyl (C=O) groups is 2. The van der Waals surface area contributed by atoms with Crippen molar-refractivity contribution in [2.24, 2.45) is 0 Å². The molecule has 3 heterocycles. The van der Waals surface area contributed by atoms with E-state index in [-0.39, 0.29) is 37.1 Å². The van der Waals surface area contributed by atoms with Crippen LogP contribution >= 0.6 is 13.5 Å². The van der Waals surface area contributed by atoms with Crippen molar-refractivity contribution in [2.45, 2.75) is 25.1 Å². The molecule has 10 nitrogen and oxygen atoms in total. The van der Waals surface area contributed by atoms with Crippen LogP contribution in [0.1, 0.15) is 16.8 Å². The summed E-state index contributed by atoms with van der Waals surface area (Å²) in [6, 6.07) is 4.39. The highest BCUT2D eigenvalue weighted by atomic mass is 32.2. The van der Waals surface area contributed by atoms with Crippen LogP contribution in [0.15, 0.2) is 54.9 Å². The minimum Gasteiger partial charge on any atom is -0.325 e. The van der Waals surface area contributed by atoms with Gasteiger partial charge in [0.05, 0.1) is 11.9 Å². The van der Waals surface area contributed by atoms with E-state index in [1.54, 1.807) is 16.9 Å². The zero-order valence-electron chi connectivity index (χ0n) is 21.1. The molecule has 0 spiro atoms. The molecule has 0 saturated heterocycles. The standard InChI is InChI=1S/C24H21F5N6O4S.H2S/c1-34(18-4-5-20(31-13-18)24(27,28)29)22(36)19(11-14-9-16(25)12-17(26)10-14)32-23(37)33-40(38,39)35-8-6-15-3-2-7-30-21(15)35;/h2-5,7,9-10,12-13,19H,6,8,11H2,1H3,(H2,32,33,37);1H2/t19-;/m0./s1. The molecule has 0 radical (unpaired) electrons. The number of hydrogen-bond acceptors (Lipinski definition) is 6. The van der Waals surface area contributed by atoms with Crippen molar-refractivity contribution in [3.8, 4) is 0 Å². The molecule has 220 valence electrons. The fourth-order valence-electron chi connectivity index (χ4n) is 4.05. The number of amides is 3. The Morgan fingerprint density at radius 2 is 1.78 bits per heavy atom. The Labute approximate surface area is 238 Å². The summed E-state index contributed by atoms with van der Waals surface area (Å²) in [6.07, 6.45) is -2.70. The lowest BCUT2D eigenvalue weighted by Gasteiger charge is -2.26. The number of alkyl halides is 3. The molecule has 41 heavy (non-hydrogen) atoms. The van der Waals surface area contributed by atoms with Gasteiger partial charge in [-0.1, -0.05) is 6.07 Å². The summed E-state index contributed by atoms with van der Waals surface area (Å²) < 4.78 is 94.6. The molecular formula is C24H23F5N6O4S2. The minimum absolute atomic E-state index is 0. The van der Waals surface area contributed by atoms with Gasteiger partial charge < -0.3 is 10.2 Å². The van der Waals surface area contributed by atoms with Gasteiger partial charge in [0.25, 0.3) is 0 Å². The van der Waals surface area contributed by atoms with Gasteiger partial charge in [-0.15, -0.1) is 0 Å². The first-order valence-corrected chi connectivity index (χ1v) is 13.0. The van der Waals surface area contributed by atoms with E-state index in [9.17, 15) is 40.0 Å². The van der Waals surface area contributed by atoms with Gasteiger partial charge in [0.2, 0.25) is 5.91 Å². The number of fused-ring (bicyclic) bond motifs is 1. The number of hydrogen-bond donors (Lipinski definition) is 2. The number of halogens is 5. The van der Waals surface area contributed by atoms with Gasteiger partial charge in [-0.2, -0.15) is 35.1 Å². The number of carbonyl (C=O) groups excluding carboxylic acids is 2. The van der Waals surface area contributed by atoms with Crippen LogP contribution < -0.4 is 19.2 Å². The number of anilines is 2.